The zero-order chi connectivity index (χ0) is 8.69. The lowest BCUT2D eigenvalue weighted by Crippen LogP contribution is -1.86. The van der Waals surface area contributed by atoms with Gasteiger partial charge in [-0.25, -0.2) is 0 Å². The summed E-state index contributed by atoms with van der Waals surface area (Å²) in [6.45, 7) is 6.26. The zero-order valence-corrected chi connectivity index (χ0v) is 7.50. The van der Waals surface area contributed by atoms with Gasteiger partial charge in [0, 0.05) is 0 Å². The van der Waals surface area contributed by atoms with Gasteiger partial charge >= 0.3 is 0 Å². The van der Waals surface area contributed by atoms with Gasteiger partial charge in [0.1, 0.15) is 6.29 Å². The summed E-state index contributed by atoms with van der Waals surface area (Å²) in [4.78, 5) is 9.95. The van der Waals surface area contributed by atoms with Crippen LogP contribution < -0.4 is 0 Å². The summed E-state index contributed by atoms with van der Waals surface area (Å²) in [7, 11) is 0. The predicted octanol–water partition coefficient (Wildman–Crippen LogP) is 2.73. The van der Waals surface area contributed by atoms with Crippen LogP contribution in [0.1, 0.15) is 27.2 Å². The quantitative estimate of drug-likeness (QED) is 0.344. The summed E-state index contributed by atoms with van der Waals surface area (Å²) < 4.78 is 0. The van der Waals surface area contributed by atoms with Crippen LogP contribution in [0.5, 0.6) is 0 Å². The molecule has 0 bridgehead atoms. The Morgan fingerprint density at radius 1 is 1.45 bits per heavy atom. The number of carbonyl (C=O) groups is 1. The largest absolute Gasteiger partial charge is 0.299 e. The Balaban J connectivity index is 3.69. The molecule has 0 aromatic carbocycles. The number of carbonyl (C=O) groups excluding carboxylic acids is 1. The van der Waals surface area contributed by atoms with E-state index in [-0.39, 0.29) is 0 Å². The lowest BCUT2D eigenvalue weighted by molar-refractivity contribution is -0.104. The van der Waals surface area contributed by atoms with E-state index in [4.69, 9.17) is 0 Å². The average Bonchev–Trinajstić information content (AvgIpc) is 1.97. The second-order valence-corrected chi connectivity index (χ2v) is 3.02. The third-order valence-corrected chi connectivity index (χ3v) is 1.42. The molecule has 1 unspecified atom stereocenters. The van der Waals surface area contributed by atoms with Crippen LogP contribution in [0.15, 0.2) is 23.8 Å². The van der Waals surface area contributed by atoms with Crippen LogP contribution in [-0.4, -0.2) is 6.29 Å². The molecule has 0 saturated carbocycles. The maximum Gasteiger partial charge on any atom is 0.142 e. The van der Waals surface area contributed by atoms with E-state index in [1.165, 1.54) is 5.57 Å². The van der Waals surface area contributed by atoms with Crippen molar-refractivity contribution in [1.82, 2.24) is 0 Å². The third kappa shape index (κ3) is 7.04. The van der Waals surface area contributed by atoms with Crippen molar-refractivity contribution in [2.75, 3.05) is 0 Å². The van der Waals surface area contributed by atoms with E-state index in [1.807, 2.05) is 6.08 Å². The molecule has 0 saturated heterocycles. The van der Waals surface area contributed by atoms with Crippen molar-refractivity contribution in [3.05, 3.63) is 23.8 Å². The maximum atomic E-state index is 9.95. The van der Waals surface area contributed by atoms with E-state index < -0.39 is 0 Å². The minimum Gasteiger partial charge on any atom is -0.299 e. The third-order valence-electron chi connectivity index (χ3n) is 1.42. The van der Waals surface area contributed by atoms with E-state index in [2.05, 4.69) is 26.8 Å². The molecule has 0 heterocycles. The Kier molecular flexibility index (Phi) is 5.44. The number of allylic oxidation sites excluding steroid dienone is 4. The van der Waals surface area contributed by atoms with E-state index in [0.717, 1.165) is 12.7 Å². The van der Waals surface area contributed by atoms with Crippen LogP contribution in [0.25, 0.3) is 0 Å². The van der Waals surface area contributed by atoms with Crippen molar-refractivity contribution >= 4 is 6.29 Å². The molecule has 0 amide bonds. The van der Waals surface area contributed by atoms with Crippen LogP contribution >= 0.6 is 0 Å². The minimum absolute atomic E-state index is 0.468. The highest BCUT2D eigenvalue weighted by atomic mass is 16.1. The summed E-state index contributed by atoms with van der Waals surface area (Å²) in [5, 5.41) is 0. The van der Waals surface area contributed by atoms with Crippen molar-refractivity contribution in [3.8, 4) is 0 Å². The SMILES string of the molecule is CC(C)=CCC(C)/C=C/C=O. The van der Waals surface area contributed by atoms with Crippen LogP contribution in [0.4, 0.5) is 0 Å². The molecule has 0 aromatic heterocycles. The van der Waals surface area contributed by atoms with Crippen molar-refractivity contribution < 1.29 is 4.79 Å². The van der Waals surface area contributed by atoms with Crippen molar-refractivity contribution in [2.24, 2.45) is 5.92 Å². The second-order valence-electron chi connectivity index (χ2n) is 3.02. The fraction of sp³-hybridized carbons (Fsp3) is 0.500. The molecule has 0 fully saturated rings. The Morgan fingerprint density at radius 2 is 2.09 bits per heavy atom. The van der Waals surface area contributed by atoms with Crippen LogP contribution in [-0.2, 0) is 4.79 Å². The fourth-order valence-electron chi connectivity index (χ4n) is 0.735. The summed E-state index contributed by atoms with van der Waals surface area (Å²) in [5.41, 5.74) is 1.33. The molecule has 1 atom stereocenters. The van der Waals surface area contributed by atoms with Gasteiger partial charge in [-0.1, -0.05) is 24.6 Å². The van der Waals surface area contributed by atoms with Crippen molar-refractivity contribution in [1.29, 1.82) is 0 Å². The molecule has 0 aliphatic heterocycles. The summed E-state index contributed by atoms with van der Waals surface area (Å²) >= 11 is 0. The highest BCUT2D eigenvalue weighted by Gasteiger charge is 1.91. The standard InChI is InChI=1S/C10H16O/c1-9(2)6-7-10(3)5-4-8-11/h4-6,8,10H,7H2,1-3H3/b5-4+. The van der Waals surface area contributed by atoms with Gasteiger partial charge in [0.25, 0.3) is 0 Å². The molecule has 0 rings (SSSR count). The summed E-state index contributed by atoms with van der Waals surface area (Å²) in [6, 6.07) is 0. The molecular weight excluding hydrogens is 136 g/mol. The molecule has 0 aliphatic carbocycles. The molecule has 11 heavy (non-hydrogen) atoms. The maximum absolute atomic E-state index is 9.95. The van der Waals surface area contributed by atoms with Gasteiger partial charge in [-0.15, -0.1) is 0 Å². The first kappa shape index (κ1) is 10.2. The molecule has 0 aliphatic rings. The van der Waals surface area contributed by atoms with E-state index >= 15 is 0 Å². The predicted molar refractivity (Wildman–Crippen MR) is 48.4 cm³/mol. The van der Waals surface area contributed by atoms with E-state index in [9.17, 15) is 4.79 Å². The first-order chi connectivity index (χ1) is 5.16. The molecule has 0 radical (unpaired) electrons. The Hall–Kier alpha value is -0.850. The first-order valence-electron chi connectivity index (χ1n) is 3.92. The monoisotopic (exact) mass is 152 g/mol. The smallest absolute Gasteiger partial charge is 0.142 e. The summed E-state index contributed by atoms with van der Waals surface area (Å²) in [5.74, 6) is 0.468. The van der Waals surface area contributed by atoms with Crippen molar-refractivity contribution in [3.63, 3.8) is 0 Å². The van der Waals surface area contributed by atoms with Gasteiger partial charge in [0.05, 0.1) is 0 Å². The Morgan fingerprint density at radius 3 is 2.55 bits per heavy atom. The van der Waals surface area contributed by atoms with Crippen LogP contribution in [0.2, 0.25) is 0 Å². The lowest BCUT2D eigenvalue weighted by atomic mass is 10.1. The van der Waals surface area contributed by atoms with E-state index in [1.54, 1.807) is 6.08 Å². The topological polar surface area (TPSA) is 17.1 Å². The zero-order valence-electron chi connectivity index (χ0n) is 7.50. The lowest BCUT2D eigenvalue weighted by Gasteiger charge is -1.99. The molecule has 0 spiro atoms. The summed E-state index contributed by atoms with van der Waals surface area (Å²) in [6.07, 6.45) is 7.50. The molecule has 62 valence electrons. The number of hydrogen-bond acceptors (Lipinski definition) is 1. The number of hydrogen-bond donors (Lipinski definition) is 0. The highest BCUT2D eigenvalue weighted by molar-refractivity contribution is 5.64. The Labute approximate surface area is 68.8 Å². The van der Waals surface area contributed by atoms with Gasteiger partial charge in [-0.3, -0.25) is 4.79 Å². The molecule has 0 aromatic rings. The molecule has 0 N–H and O–H groups in total. The minimum atomic E-state index is 0.468. The van der Waals surface area contributed by atoms with Gasteiger partial charge < -0.3 is 0 Å². The average molecular weight is 152 g/mol. The molecule has 1 heteroatoms. The van der Waals surface area contributed by atoms with Gasteiger partial charge in [0.2, 0.25) is 0 Å². The Bertz CT molecular complexity index is 162. The van der Waals surface area contributed by atoms with E-state index in [0.29, 0.717) is 5.92 Å². The van der Waals surface area contributed by atoms with Crippen molar-refractivity contribution in [2.45, 2.75) is 27.2 Å². The van der Waals surface area contributed by atoms with Gasteiger partial charge in [-0.05, 0) is 32.3 Å². The first-order valence-corrected chi connectivity index (χ1v) is 3.92. The molecule has 1 nitrogen and oxygen atoms in total. The van der Waals surface area contributed by atoms with Crippen LogP contribution in [0, 0.1) is 5.92 Å². The number of aldehydes is 1. The second kappa shape index (κ2) is 5.90. The molecular formula is C10H16O. The number of rotatable bonds is 4. The fourth-order valence-corrected chi connectivity index (χ4v) is 0.735. The van der Waals surface area contributed by atoms with Crippen LogP contribution in [0.3, 0.4) is 0 Å². The normalized spacial score (nSPS) is 13.0. The van der Waals surface area contributed by atoms with Gasteiger partial charge in [-0.2, -0.15) is 0 Å². The van der Waals surface area contributed by atoms with Gasteiger partial charge in [0.15, 0.2) is 0 Å². The highest BCUT2D eigenvalue weighted by Crippen LogP contribution is 2.06.